The molecule has 39 heavy (non-hydrogen) atoms. The molecule has 1 aromatic heterocycles. The van der Waals surface area contributed by atoms with Crippen LogP contribution in [-0.4, -0.2) is 18.9 Å². The van der Waals surface area contributed by atoms with Crippen molar-refractivity contribution in [2.24, 2.45) is 0 Å². The number of benzene rings is 4. The molecule has 0 spiro atoms. The van der Waals surface area contributed by atoms with E-state index >= 15 is 4.39 Å². The average molecular weight is 523 g/mol. The van der Waals surface area contributed by atoms with Crippen LogP contribution in [0.1, 0.15) is 39.1 Å². The van der Waals surface area contributed by atoms with Gasteiger partial charge in [0.15, 0.2) is 0 Å². The first-order chi connectivity index (χ1) is 18.9. The molecule has 1 aliphatic rings. The van der Waals surface area contributed by atoms with Gasteiger partial charge < -0.3 is 15.1 Å². The van der Waals surface area contributed by atoms with Crippen molar-refractivity contribution in [2.45, 2.75) is 18.4 Å². The van der Waals surface area contributed by atoms with E-state index in [0.29, 0.717) is 27.7 Å². The Morgan fingerprint density at radius 1 is 0.821 bits per heavy atom. The van der Waals surface area contributed by atoms with E-state index in [1.807, 2.05) is 30.3 Å². The summed E-state index contributed by atoms with van der Waals surface area (Å²) in [5.74, 6) is -1.31. The molecule has 194 valence electrons. The summed E-state index contributed by atoms with van der Waals surface area (Å²) in [5.41, 5.74) is 2.89. The second-order valence-electron chi connectivity index (χ2n) is 9.70. The minimum atomic E-state index is -0.501. The topological polar surface area (TPSA) is 71.3 Å². The number of nitrogens with one attached hydrogen (secondary N) is 2. The normalized spacial score (nSPS) is 13.7. The highest BCUT2D eigenvalue weighted by Gasteiger charge is 2.45. The summed E-state index contributed by atoms with van der Waals surface area (Å²) in [4.78, 5) is 26.1. The average Bonchev–Trinajstić information content (AvgIpc) is 3.65. The molecule has 0 saturated heterocycles. The van der Waals surface area contributed by atoms with Crippen LogP contribution in [0.25, 0.3) is 33.4 Å². The molecule has 5 aromatic rings. The van der Waals surface area contributed by atoms with E-state index < -0.39 is 23.1 Å². The third-order valence-corrected chi connectivity index (χ3v) is 7.22. The van der Waals surface area contributed by atoms with Gasteiger partial charge in [0, 0.05) is 29.1 Å². The minimum absolute atomic E-state index is 0.224. The third kappa shape index (κ3) is 4.46. The molecule has 1 aliphatic carbocycles. The van der Waals surface area contributed by atoms with Crippen molar-refractivity contribution >= 4 is 22.8 Å². The van der Waals surface area contributed by atoms with Gasteiger partial charge in [-0.3, -0.25) is 9.59 Å². The standard InChI is InChI=1S/C32H24F2N2O3/c1-35-31(38)28-25-17-20(10-14-27(25)39-29(28)19-7-11-23(33)12-8-19)24-18-21(9-13-26(24)34)30(37)36-32(15-16-32)22-5-3-2-4-6-22/h2-14,17-18H,15-16H2,1H3,(H,35,38)(H,36,37). The lowest BCUT2D eigenvalue weighted by atomic mass is 9.98. The van der Waals surface area contributed by atoms with Gasteiger partial charge in [0.1, 0.15) is 23.0 Å². The second-order valence-corrected chi connectivity index (χ2v) is 9.70. The molecule has 1 heterocycles. The zero-order chi connectivity index (χ0) is 27.1. The maximum atomic E-state index is 15.1. The Bertz CT molecular complexity index is 1720. The summed E-state index contributed by atoms with van der Waals surface area (Å²) in [5, 5.41) is 6.22. The number of carbonyl (C=O) groups is 2. The second kappa shape index (κ2) is 9.51. The van der Waals surface area contributed by atoms with Crippen LogP contribution < -0.4 is 10.6 Å². The summed E-state index contributed by atoms with van der Waals surface area (Å²) in [6, 6.07) is 24.7. The monoisotopic (exact) mass is 522 g/mol. The molecular formula is C32H24F2N2O3. The Balaban J connectivity index is 1.39. The van der Waals surface area contributed by atoms with E-state index in [9.17, 15) is 14.0 Å². The number of hydrogen-bond donors (Lipinski definition) is 2. The van der Waals surface area contributed by atoms with Gasteiger partial charge in [-0.25, -0.2) is 8.78 Å². The molecule has 0 atom stereocenters. The van der Waals surface area contributed by atoms with Gasteiger partial charge in [-0.2, -0.15) is 0 Å². The third-order valence-electron chi connectivity index (χ3n) is 7.22. The number of carbonyl (C=O) groups excluding carboxylic acids is 2. The lowest BCUT2D eigenvalue weighted by molar-refractivity contribution is 0.0929. The minimum Gasteiger partial charge on any atom is -0.455 e. The van der Waals surface area contributed by atoms with Gasteiger partial charge in [-0.05, 0) is 78.6 Å². The fraction of sp³-hybridized carbons (Fsp3) is 0.125. The van der Waals surface area contributed by atoms with E-state index in [1.54, 1.807) is 18.2 Å². The molecule has 6 rings (SSSR count). The zero-order valence-electron chi connectivity index (χ0n) is 21.1. The van der Waals surface area contributed by atoms with Gasteiger partial charge >= 0.3 is 0 Å². The van der Waals surface area contributed by atoms with Crippen LogP contribution in [-0.2, 0) is 5.54 Å². The predicted molar refractivity (Wildman–Crippen MR) is 145 cm³/mol. The largest absolute Gasteiger partial charge is 0.455 e. The van der Waals surface area contributed by atoms with Crippen LogP contribution in [0.3, 0.4) is 0 Å². The fourth-order valence-corrected chi connectivity index (χ4v) is 4.97. The SMILES string of the molecule is CNC(=O)c1c(-c2ccc(F)cc2)oc2ccc(-c3cc(C(=O)NC4(c5ccccc5)CC4)ccc3F)cc12. The predicted octanol–water partition coefficient (Wildman–Crippen LogP) is 6.82. The van der Waals surface area contributed by atoms with E-state index in [0.717, 1.165) is 18.4 Å². The van der Waals surface area contributed by atoms with Gasteiger partial charge in [0.05, 0.1) is 11.1 Å². The Morgan fingerprint density at radius 2 is 1.54 bits per heavy atom. The van der Waals surface area contributed by atoms with E-state index in [4.69, 9.17) is 4.42 Å². The number of halogens is 2. The number of rotatable bonds is 6. The van der Waals surface area contributed by atoms with Crippen LogP contribution >= 0.6 is 0 Å². The van der Waals surface area contributed by atoms with Crippen LogP contribution in [0.15, 0.2) is 95.4 Å². The van der Waals surface area contributed by atoms with Crippen molar-refractivity contribution < 1.29 is 22.8 Å². The number of hydrogen-bond acceptors (Lipinski definition) is 3. The highest BCUT2D eigenvalue weighted by atomic mass is 19.1. The first-order valence-corrected chi connectivity index (χ1v) is 12.6. The van der Waals surface area contributed by atoms with Crippen molar-refractivity contribution in [1.29, 1.82) is 0 Å². The molecule has 4 aromatic carbocycles. The smallest absolute Gasteiger partial charge is 0.255 e. The van der Waals surface area contributed by atoms with Crippen LogP contribution in [0.5, 0.6) is 0 Å². The Morgan fingerprint density at radius 3 is 2.23 bits per heavy atom. The first kappa shape index (κ1) is 24.6. The molecular weight excluding hydrogens is 498 g/mol. The molecule has 1 saturated carbocycles. The molecule has 0 bridgehead atoms. The van der Waals surface area contributed by atoms with E-state index in [2.05, 4.69) is 10.6 Å². The Hall–Kier alpha value is -4.78. The molecule has 0 radical (unpaired) electrons. The molecule has 0 aliphatic heterocycles. The van der Waals surface area contributed by atoms with Gasteiger partial charge in [0.2, 0.25) is 0 Å². The van der Waals surface area contributed by atoms with E-state index in [-0.39, 0.29) is 22.8 Å². The van der Waals surface area contributed by atoms with Gasteiger partial charge in [0.25, 0.3) is 11.8 Å². The van der Waals surface area contributed by atoms with Crippen molar-refractivity contribution in [3.63, 3.8) is 0 Å². The summed E-state index contributed by atoms with van der Waals surface area (Å²) < 4.78 is 34.6. The lowest BCUT2D eigenvalue weighted by Crippen LogP contribution is -2.34. The highest BCUT2D eigenvalue weighted by molar-refractivity contribution is 6.12. The van der Waals surface area contributed by atoms with Crippen molar-refractivity contribution in [2.75, 3.05) is 7.05 Å². The Labute approximate surface area is 223 Å². The summed E-state index contributed by atoms with van der Waals surface area (Å²) in [7, 11) is 1.50. The van der Waals surface area contributed by atoms with Crippen LogP contribution in [0.2, 0.25) is 0 Å². The molecule has 1 fully saturated rings. The number of furan rings is 1. The lowest BCUT2D eigenvalue weighted by Gasteiger charge is -2.18. The van der Waals surface area contributed by atoms with Gasteiger partial charge in [-0.15, -0.1) is 0 Å². The Kier molecular flexibility index (Phi) is 5.99. The molecule has 0 unspecified atom stereocenters. The van der Waals surface area contributed by atoms with E-state index in [1.165, 1.54) is 49.5 Å². The number of fused-ring (bicyclic) bond motifs is 1. The van der Waals surface area contributed by atoms with Crippen molar-refractivity contribution in [3.8, 4) is 22.5 Å². The van der Waals surface area contributed by atoms with Gasteiger partial charge in [-0.1, -0.05) is 36.4 Å². The summed E-state index contributed by atoms with van der Waals surface area (Å²) in [6.45, 7) is 0. The summed E-state index contributed by atoms with van der Waals surface area (Å²) in [6.07, 6.45) is 1.68. The quantitative estimate of drug-likeness (QED) is 0.257. The summed E-state index contributed by atoms with van der Waals surface area (Å²) >= 11 is 0. The van der Waals surface area contributed by atoms with Crippen LogP contribution in [0.4, 0.5) is 8.78 Å². The van der Waals surface area contributed by atoms with Crippen LogP contribution in [0, 0.1) is 11.6 Å². The molecule has 2 N–H and O–H groups in total. The van der Waals surface area contributed by atoms with Crippen molar-refractivity contribution in [1.82, 2.24) is 10.6 Å². The molecule has 5 nitrogen and oxygen atoms in total. The number of amides is 2. The maximum absolute atomic E-state index is 15.1. The zero-order valence-corrected chi connectivity index (χ0v) is 21.1. The maximum Gasteiger partial charge on any atom is 0.255 e. The molecule has 7 heteroatoms. The molecule has 2 amide bonds. The fourth-order valence-electron chi connectivity index (χ4n) is 4.97. The highest BCUT2D eigenvalue weighted by Crippen LogP contribution is 2.45. The first-order valence-electron chi connectivity index (χ1n) is 12.6. The van der Waals surface area contributed by atoms with Crippen molar-refractivity contribution in [3.05, 3.63) is 119 Å².